The predicted molar refractivity (Wildman–Crippen MR) is 60.7 cm³/mol. The van der Waals surface area contributed by atoms with E-state index in [1.54, 1.807) is 0 Å². The van der Waals surface area contributed by atoms with Crippen molar-refractivity contribution in [3.63, 3.8) is 0 Å². The molecule has 1 amide bonds. The molecule has 0 atom stereocenters. The highest BCUT2D eigenvalue weighted by Crippen LogP contribution is 2.01. The minimum absolute atomic E-state index is 0.0160. The van der Waals surface area contributed by atoms with E-state index < -0.39 is 0 Å². The van der Waals surface area contributed by atoms with Crippen molar-refractivity contribution < 1.29 is 9.59 Å². The Bertz CT molecular complexity index is 283. The average Bonchev–Trinajstić information content (AvgIpc) is 2.25. The molecule has 0 rings (SSSR count). The Morgan fingerprint density at radius 3 is 2.62 bits per heavy atom. The second kappa shape index (κ2) is 8.73. The van der Waals surface area contributed by atoms with Crippen LogP contribution in [-0.4, -0.2) is 24.8 Å². The van der Waals surface area contributed by atoms with Crippen LogP contribution >= 0.6 is 0 Å². The van der Waals surface area contributed by atoms with E-state index in [0.29, 0.717) is 25.9 Å². The number of ketones is 1. The standard InChI is InChI=1S/C10H18N4O2/c1-8(2)9(15)4-5-10(16)12-6-3-7-13-14-11/h8H,3-7H2,1-2H3,(H,12,16). The fourth-order valence-corrected chi connectivity index (χ4v) is 1.04. The lowest BCUT2D eigenvalue weighted by molar-refractivity contribution is -0.126. The van der Waals surface area contributed by atoms with Crippen molar-refractivity contribution in [2.24, 2.45) is 11.0 Å². The molecule has 0 bridgehead atoms. The van der Waals surface area contributed by atoms with Gasteiger partial charge in [-0.1, -0.05) is 19.0 Å². The van der Waals surface area contributed by atoms with Gasteiger partial charge in [-0.25, -0.2) is 0 Å². The second-order valence-corrected chi connectivity index (χ2v) is 3.78. The first-order valence-electron chi connectivity index (χ1n) is 5.38. The maximum absolute atomic E-state index is 11.2. The first kappa shape index (κ1) is 14.5. The van der Waals surface area contributed by atoms with Crippen molar-refractivity contribution in [2.45, 2.75) is 33.1 Å². The van der Waals surface area contributed by atoms with Crippen LogP contribution in [-0.2, 0) is 9.59 Å². The molecule has 0 aromatic heterocycles. The molecule has 0 fully saturated rings. The Hall–Kier alpha value is -1.55. The number of azide groups is 1. The first-order valence-corrected chi connectivity index (χ1v) is 5.38. The molecule has 0 heterocycles. The molecule has 1 N–H and O–H groups in total. The number of amides is 1. The zero-order valence-electron chi connectivity index (χ0n) is 9.77. The van der Waals surface area contributed by atoms with E-state index in [4.69, 9.17) is 5.53 Å². The summed E-state index contributed by atoms with van der Waals surface area (Å²) in [6, 6.07) is 0. The molecule has 0 aliphatic carbocycles. The Morgan fingerprint density at radius 2 is 2.06 bits per heavy atom. The van der Waals surface area contributed by atoms with Crippen molar-refractivity contribution in [1.29, 1.82) is 0 Å². The van der Waals surface area contributed by atoms with Crippen LogP contribution in [0.3, 0.4) is 0 Å². The summed E-state index contributed by atoms with van der Waals surface area (Å²) in [6.07, 6.45) is 1.15. The van der Waals surface area contributed by atoms with E-state index in [1.807, 2.05) is 13.8 Å². The smallest absolute Gasteiger partial charge is 0.220 e. The number of rotatable bonds is 8. The molecular weight excluding hydrogens is 208 g/mol. The molecule has 0 spiro atoms. The van der Waals surface area contributed by atoms with Gasteiger partial charge < -0.3 is 5.32 Å². The SMILES string of the molecule is CC(C)C(=O)CCC(=O)NCCCN=[N+]=[N-]. The van der Waals surface area contributed by atoms with Crippen molar-refractivity contribution in [1.82, 2.24) is 5.32 Å². The fourth-order valence-electron chi connectivity index (χ4n) is 1.04. The summed E-state index contributed by atoms with van der Waals surface area (Å²) in [5.74, 6) is -0.0445. The highest BCUT2D eigenvalue weighted by Gasteiger charge is 2.09. The molecule has 6 heteroatoms. The monoisotopic (exact) mass is 226 g/mol. The van der Waals surface area contributed by atoms with Crippen LogP contribution in [0.4, 0.5) is 0 Å². The van der Waals surface area contributed by atoms with E-state index in [1.165, 1.54) is 0 Å². The van der Waals surface area contributed by atoms with Crippen molar-refractivity contribution >= 4 is 11.7 Å². The normalized spacial score (nSPS) is 9.69. The van der Waals surface area contributed by atoms with Crippen LogP contribution in [0.1, 0.15) is 33.1 Å². The molecule has 0 aromatic rings. The molecule has 0 saturated carbocycles. The predicted octanol–water partition coefficient (Wildman–Crippen LogP) is 1.81. The van der Waals surface area contributed by atoms with Gasteiger partial charge in [0.25, 0.3) is 0 Å². The van der Waals surface area contributed by atoms with Gasteiger partial charge in [0.2, 0.25) is 5.91 Å². The third-order valence-electron chi connectivity index (χ3n) is 2.06. The zero-order chi connectivity index (χ0) is 12.4. The molecular formula is C10H18N4O2. The van der Waals surface area contributed by atoms with Crippen LogP contribution in [0.15, 0.2) is 5.11 Å². The minimum atomic E-state index is -0.130. The molecule has 0 saturated heterocycles. The molecule has 0 radical (unpaired) electrons. The summed E-state index contributed by atoms with van der Waals surface area (Å²) in [7, 11) is 0. The molecule has 16 heavy (non-hydrogen) atoms. The third kappa shape index (κ3) is 7.82. The number of nitrogens with zero attached hydrogens (tertiary/aromatic N) is 3. The van der Waals surface area contributed by atoms with Crippen molar-refractivity contribution in [3.8, 4) is 0 Å². The van der Waals surface area contributed by atoms with E-state index >= 15 is 0 Å². The summed E-state index contributed by atoms with van der Waals surface area (Å²) >= 11 is 0. The maximum atomic E-state index is 11.2. The van der Waals surface area contributed by atoms with Crippen LogP contribution in [0.25, 0.3) is 10.4 Å². The molecule has 0 aromatic carbocycles. The van der Waals surface area contributed by atoms with Gasteiger partial charge in [-0.3, -0.25) is 9.59 Å². The van der Waals surface area contributed by atoms with Gasteiger partial charge in [-0.15, -0.1) is 0 Å². The van der Waals surface area contributed by atoms with Gasteiger partial charge in [-0.2, -0.15) is 0 Å². The lowest BCUT2D eigenvalue weighted by Crippen LogP contribution is -2.25. The number of carbonyl (C=O) groups is 2. The van der Waals surface area contributed by atoms with Crippen LogP contribution in [0.2, 0.25) is 0 Å². The first-order chi connectivity index (χ1) is 7.57. The Morgan fingerprint density at radius 1 is 1.38 bits per heavy atom. The zero-order valence-corrected chi connectivity index (χ0v) is 9.77. The molecule has 6 nitrogen and oxygen atoms in total. The summed E-state index contributed by atoms with van der Waals surface area (Å²) < 4.78 is 0. The van der Waals surface area contributed by atoms with Crippen molar-refractivity contribution in [2.75, 3.05) is 13.1 Å². The Kier molecular flexibility index (Phi) is 7.89. The number of hydrogen-bond donors (Lipinski definition) is 1. The maximum Gasteiger partial charge on any atom is 0.220 e. The lowest BCUT2D eigenvalue weighted by atomic mass is 10.0. The van der Waals surface area contributed by atoms with Gasteiger partial charge in [0.05, 0.1) is 0 Å². The summed E-state index contributed by atoms with van der Waals surface area (Å²) in [5.41, 5.74) is 8.01. The third-order valence-corrected chi connectivity index (χ3v) is 2.06. The molecule has 0 unspecified atom stereocenters. The van der Waals surface area contributed by atoms with E-state index in [9.17, 15) is 9.59 Å². The quantitative estimate of drug-likeness (QED) is 0.295. The van der Waals surface area contributed by atoms with Crippen molar-refractivity contribution in [3.05, 3.63) is 10.4 Å². The largest absolute Gasteiger partial charge is 0.356 e. The lowest BCUT2D eigenvalue weighted by Gasteiger charge is -2.05. The van der Waals surface area contributed by atoms with E-state index in [2.05, 4.69) is 15.3 Å². The average molecular weight is 226 g/mol. The molecule has 0 aliphatic rings. The summed E-state index contributed by atoms with van der Waals surface area (Å²) in [6.45, 7) is 4.50. The topological polar surface area (TPSA) is 94.9 Å². The number of hydrogen-bond acceptors (Lipinski definition) is 3. The van der Waals surface area contributed by atoms with Crippen LogP contribution in [0.5, 0.6) is 0 Å². The van der Waals surface area contributed by atoms with Gasteiger partial charge in [0.1, 0.15) is 5.78 Å². The number of nitrogens with one attached hydrogen (secondary N) is 1. The Balaban J connectivity index is 3.52. The van der Waals surface area contributed by atoms with Gasteiger partial charge in [-0.05, 0) is 12.0 Å². The summed E-state index contributed by atoms with van der Waals surface area (Å²) in [4.78, 5) is 25.1. The highest BCUT2D eigenvalue weighted by molar-refractivity contribution is 5.85. The van der Waals surface area contributed by atoms with E-state index in [0.717, 1.165) is 0 Å². The molecule has 90 valence electrons. The summed E-state index contributed by atoms with van der Waals surface area (Å²) in [5, 5.41) is 6.00. The van der Waals surface area contributed by atoms with Crippen LogP contribution in [0, 0.1) is 5.92 Å². The van der Waals surface area contributed by atoms with Crippen LogP contribution < -0.4 is 5.32 Å². The minimum Gasteiger partial charge on any atom is -0.356 e. The number of carbonyl (C=O) groups excluding carboxylic acids is 2. The van der Waals surface area contributed by atoms with Gasteiger partial charge in [0.15, 0.2) is 0 Å². The van der Waals surface area contributed by atoms with Gasteiger partial charge >= 0.3 is 0 Å². The highest BCUT2D eigenvalue weighted by atomic mass is 16.2. The van der Waals surface area contributed by atoms with E-state index in [-0.39, 0.29) is 24.0 Å². The second-order valence-electron chi connectivity index (χ2n) is 3.78. The Labute approximate surface area is 95.0 Å². The fraction of sp³-hybridized carbons (Fsp3) is 0.800. The number of Topliss-reactive ketones (excluding diaryl/α,β-unsaturated/α-hetero) is 1. The van der Waals surface area contributed by atoms with Gasteiger partial charge in [0, 0.05) is 36.8 Å². The molecule has 0 aliphatic heterocycles.